The molecule has 0 aromatic heterocycles. The quantitative estimate of drug-likeness (QED) is 0.777. The van der Waals surface area contributed by atoms with Gasteiger partial charge in [0.25, 0.3) is 0 Å². The van der Waals surface area contributed by atoms with Crippen LogP contribution in [-0.2, 0) is 0 Å². The normalized spacial score (nSPS) is 24.2. The first kappa shape index (κ1) is 15.1. The van der Waals surface area contributed by atoms with Crippen molar-refractivity contribution in [3.8, 4) is 11.5 Å². The van der Waals surface area contributed by atoms with Gasteiger partial charge in [0.2, 0.25) is 0 Å². The van der Waals surface area contributed by atoms with Crippen LogP contribution < -0.4 is 10.1 Å². The third-order valence-electron chi connectivity index (χ3n) is 5.37. The van der Waals surface area contributed by atoms with Crippen molar-refractivity contribution in [2.45, 2.75) is 32.2 Å². The van der Waals surface area contributed by atoms with Crippen LogP contribution in [0.15, 0.2) is 42.5 Å². The Morgan fingerprint density at radius 3 is 2.79 bits per heavy atom. The molecule has 0 bridgehead atoms. The van der Waals surface area contributed by atoms with Gasteiger partial charge in [0.15, 0.2) is 11.5 Å². The maximum absolute atomic E-state index is 9.90. The Bertz CT molecular complexity index is 825. The van der Waals surface area contributed by atoms with Crippen molar-refractivity contribution < 1.29 is 9.84 Å². The first-order chi connectivity index (χ1) is 11.6. The number of phenolic OH excluding ortho intramolecular Hbond substituents is 1. The maximum Gasteiger partial charge on any atom is 0.160 e. The zero-order chi connectivity index (χ0) is 16.8. The molecule has 3 unspecified atom stereocenters. The number of benzene rings is 2. The molecule has 0 saturated carbocycles. The van der Waals surface area contributed by atoms with Gasteiger partial charge in [0.1, 0.15) is 0 Å². The Hall–Kier alpha value is -2.42. The molecule has 0 saturated heterocycles. The van der Waals surface area contributed by atoms with Gasteiger partial charge < -0.3 is 15.2 Å². The first-order valence-electron chi connectivity index (χ1n) is 8.49. The van der Waals surface area contributed by atoms with Crippen molar-refractivity contribution in [3.05, 3.63) is 64.7 Å². The summed E-state index contributed by atoms with van der Waals surface area (Å²) in [6.45, 7) is 4.34. The lowest BCUT2D eigenvalue weighted by Gasteiger charge is -2.38. The SMILES string of the molecule is COc1cc(C2Nc3c(C)cc(C)cc3C3C=CCC32)ccc1O. The molecular formula is C21H23NO2. The summed E-state index contributed by atoms with van der Waals surface area (Å²) in [4.78, 5) is 0. The fraction of sp³-hybridized carbons (Fsp3) is 0.333. The van der Waals surface area contributed by atoms with E-state index in [0.29, 0.717) is 17.6 Å². The molecule has 4 rings (SSSR count). The van der Waals surface area contributed by atoms with E-state index in [0.717, 1.165) is 12.0 Å². The van der Waals surface area contributed by atoms with E-state index in [1.54, 1.807) is 13.2 Å². The van der Waals surface area contributed by atoms with Crippen LogP contribution in [0.2, 0.25) is 0 Å². The van der Waals surface area contributed by atoms with Gasteiger partial charge in [0, 0.05) is 11.6 Å². The van der Waals surface area contributed by atoms with E-state index in [-0.39, 0.29) is 11.8 Å². The van der Waals surface area contributed by atoms with Gasteiger partial charge in [0.05, 0.1) is 13.2 Å². The summed E-state index contributed by atoms with van der Waals surface area (Å²) in [5.74, 6) is 1.66. The van der Waals surface area contributed by atoms with Gasteiger partial charge in [-0.2, -0.15) is 0 Å². The minimum absolute atomic E-state index is 0.186. The third-order valence-corrected chi connectivity index (χ3v) is 5.37. The molecular weight excluding hydrogens is 298 g/mol. The van der Waals surface area contributed by atoms with E-state index in [2.05, 4.69) is 43.4 Å². The Labute approximate surface area is 143 Å². The molecule has 24 heavy (non-hydrogen) atoms. The number of hydrogen-bond acceptors (Lipinski definition) is 3. The average Bonchev–Trinajstić information content (AvgIpc) is 3.05. The summed E-state index contributed by atoms with van der Waals surface area (Å²) >= 11 is 0. The average molecular weight is 321 g/mol. The number of allylic oxidation sites excluding steroid dienone is 2. The van der Waals surface area contributed by atoms with Gasteiger partial charge in [-0.05, 0) is 55.0 Å². The number of aromatic hydroxyl groups is 1. The summed E-state index contributed by atoms with van der Waals surface area (Å²) < 4.78 is 5.30. The zero-order valence-corrected chi connectivity index (χ0v) is 14.3. The van der Waals surface area contributed by atoms with Crippen molar-refractivity contribution in [2.24, 2.45) is 5.92 Å². The van der Waals surface area contributed by atoms with Gasteiger partial charge in [-0.25, -0.2) is 0 Å². The minimum atomic E-state index is 0.186. The van der Waals surface area contributed by atoms with E-state index >= 15 is 0 Å². The number of nitrogens with one attached hydrogen (secondary N) is 1. The number of fused-ring (bicyclic) bond motifs is 3. The lowest BCUT2D eigenvalue weighted by atomic mass is 9.76. The van der Waals surface area contributed by atoms with Crippen molar-refractivity contribution >= 4 is 5.69 Å². The Balaban J connectivity index is 1.81. The molecule has 0 amide bonds. The fourth-order valence-corrected chi connectivity index (χ4v) is 4.29. The second-order valence-electron chi connectivity index (χ2n) is 6.95. The summed E-state index contributed by atoms with van der Waals surface area (Å²) in [7, 11) is 1.59. The molecule has 1 heterocycles. The van der Waals surface area contributed by atoms with Gasteiger partial charge in [-0.1, -0.05) is 35.9 Å². The molecule has 2 N–H and O–H groups in total. The van der Waals surface area contributed by atoms with Crippen LogP contribution in [0.1, 0.15) is 40.6 Å². The summed E-state index contributed by atoms with van der Waals surface area (Å²) in [6.07, 6.45) is 5.72. The first-order valence-corrected chi connectivity index (χ1v) is 8.49. The lowest BCUT2D eigenvalue weighted by molar-refractivity contribution is 0.370. The highest BCUT2D eigenvalue weighted by Gasteiger charge is 2.38. The number of anilines is 1. The van der Waals surface area contributed by atoms with Crippen LogP contribution in [-0.4, -0.2) is 12.2 Å². The highest BCUT2D eigenvalue weighted by Crippen LogP contribution is 2.51. The third kappa shape index (κ3) is 2.27. The molecule has 3 nitrogen and oxygen atoms in total. The lowest BCUT2D eigenvalue weighted by Crippen LogP contribution is -2.29. The predicted molar refractivity (Wildman–Crippen MR) is 96.9 cm³/mol. The van der Waals surface area contributed by atoms with Crippen LogP contribution in [0.25, 0.3) is 0 Å². The summed E-state index contributed by atoms with van der Waals surface area (Å²) in [5, 5.41) is 13.7. The van der Waals surface area contributed by atoms with E-state index in [4.69, 9.17) is 4.74 Å². The van der Waals surface area contributed by atoms with Crippen LogP contribution in [0.5, 0.6) is 11.5 Å². The Morgan fingerprint density at radius 2 is 2.00 bits per heavy atom. The summed E-state index contributed by atoms with van der Waals surface area (Å²) in [6, 6.07) is 10.4. The van der Waals surface area contributed by atoms with Crippen molar-refractivity contribution in [3.63, 3.8) is 0 Å². The monoisotopic (exact) mass is 321 g/mol. The molecule has 0 radical (unpaired) electrons. The van der Waals surface area contributed by atoms with Crippen LogP contribution in [0.3, 0.4) is 0 Å². The van der Waals surface area contributed by atoms with Crippen LogP contribution >= 0.6 is 0 Å². The highest BCUT2D eigenvalue weighted by molar-refractivity contribution is 5.65. The highest BCUT2D eigenvalue weighted by atomic mass is 16.5. The number of rotatable bonds is 2. The van der Waals surface area contributed by atoms with Gasteiger partial charge in [-0.3, -0.25) is 0 Å². The van der Waals surface area contributed by atoms with E-state index in [1.165, 1.54) is 22.4 Å². The maximum atomic E-state index is 9.90. The van der Waals surface area contributed by atoms with Gasteiger partial charge in [-0.15, -0.1) is 0 Å². The number of ether oxygens (including phenoxy) is 1. The largest absolute Gasteiger partial charge is 0.504 e. The fourth-order valence-electron chi connectivity index (χ4n) is 4.29. The number of hydrogen-bond donors (Lipinski definition) is 2. The van der Waals surface area contributed by atoms with E-state index < -0.39 is 0 Å². The zero-order valence-electron chi connectivity index (χ0n) is 14.3. The number of aryl methyl sites for hydroxylation is 2. The van der Waals surface area contributed by atoms with Crippen molar-refractivity contribution in [1.29, 1.82) is 0 Å². The van der Waals surface area contributed by atoms with Crippen LogP contribution in [0, 0.1) is 19.8 Å². The standard InChI is InChI=1S/C21H23NO2/c1-12-9-13(2)20-17(10-12)15-5-4-6-16(15)21(22-20)14-7-8-18(23)19(11-14)24-3/h4-5,7-11,15-16,21-23H,6H2,1-3H3. The molecule has 1 aliphatic heterocycles. The molecule has 2 aliphatic rings. The molecule has 3 atom stereocenters. The molecule has 2 aromatic carbocycles. The predicted octanol–water partition coefficient (Wildman–Crippen LogP) is 4.84. The minimum Gasteiger partial charge on any atom is -0.504 e. The molecule has 1 aliphatic carbocycles. The van der Waals surface area contributed by atoms with Crippen molar-refractivity contribution in [2.75, 3.05) is 12.4 Å². The van der Waals surface area contributed by atoms with Crippen LogP contribution in [0.4, 0.5) is 5.69 Å². The molecule has 124 valence electrons. The molecule has 3 heteroatoms. The Kier molecular flexibility index (Phi) is 3.52. The second-order valence-corrected chi connectivity index (χ2v) is 6.95. The molecule has 0 spiro atoms. The number of methoxy groups -OCH3 is 1. The smallest absolute Gasteiger partial charge is 0.160 e. The number of phenols is 1. The van der Waals surface area contributed by atoms with E-state index in [9.17, 15) is 5.11 Å². The topological polar surface area (TPSA) is 41.5 Å². The van der Waals surface area contributed by atoms with Gasteiger partial charge >= 0.3 is 0 Å². The second kappa shape index (κ2) is 5.59. The summed E-state index contributed by atoms with van der Waals surface area (Å²) in [5.41, 5.74) is 6.43. The molecule has 0 fully saturated rings. The Morgan fingerprint density at radius 1 is 1.17 bits per heavy atom. The van der Waals surface area contributed by atoms with E-state index in [1.807, 2.05) is 12.1 Å². The van der Waals surface area contributed by atoms with Crippen molar-refractivity contribution in [1.82, 2.24) is 0 Å². The molecule has 2 aromatic rings.